The Morgan fingerprint density at radius 2 is 2.11 bits per heavy atom. The molecular weight excluding hydrogens is 261 g/mol. The van der Waals surface area contributed by atoms with Gasteiger partial charge in [-0.1, -0.05) is 6.07 Å². The Morgan fingerprint density at radius 1 is 1.44 bits per heavy atom. The molecule has 1 aromatic rings. The van der Waals surface area contributed by atoms with Crippen molar-refractivity contribution < 1.29 is 22.2 Å². The molecule has 5 nitrogen and oxygen atoms in total. The van der Waals surface area contributed by atoms with Crippen molar-refractivity contribution in [3.8, 4) is 5.75 Å². The van der Waals surface area contributed by atoms with Crippen LogP contribution in [0, 0.1) is 6.92 Å². The number of phenols is 1. The number of aromatic hydroxyl groups is 1. The van der Waals surface area contributed by atoms with Crippen LogP contribution in [0.15, 0.2) is 18.2 Å². The Kier molecular flexibility index (Phi) is 3.02. The Balaban J connectivity index is 2.35. The lowest BCUT2D eigenvalue weighted by atomic mass is 10.2. The van der Waals surface area contributed by atoms with Gasteiger partial charge in [0.15, 0.2) is 0 Å². The first-order chi connectivity index (χ1) is 8.29. The van der Waals surface area contributed by atoms with Crippen LogP contribution in [0.1, 0.15) is 12.0 Å². The van der Waals surface area contributed by atoms with Crippen molar-refractivity contribution in [2.24, 2.45) is 0 Å². The van der Waals surface area contributed by atoms with E-state index in [2.05, 4.69) is 0 Å². The van der Waals surface area contributed by atoms with Gasteiger partial charge in [-0.25, -0.2) is 0 Å². The van der Waals surface area contributed by atoms with Crippen molar-refractivity contribution in [2.45, 2.75) is 18.6 Å². The molecule has 1 amide bonds. The van der Waals surface area contributed by atoms with E-state index in [1.165, 1.54) is 17.0 Å². The molecule has 1 atom stereocenters. The van der Waals surface area contributed by atoms with E-state index in [-0.39, 0.29) is 18.7 Å². The van der Waals surface area contributed by atoms with Gasteiger partial charge in [-0.15, -0.1) is 3.89 Å². The molecule has 18 heavy (non-hydrogen) atoms. The van der Waals surface area contributed by atoms with Gasteiger partial charge < -0.3 is 10.0 Å². The first-order valence-electron chi connectivity index (χ1n) is 5.32. The van der Waals surface area contributed by atoms with E-state index in [1.54, 1.807) is 13.0 Å². The van der Waals surface area contributed by atoms with Crippen LogP contribution in [0.5, 0.6) is 5.75 Å². The number of anilines is 1. The third-order valence-corrected chi connectivity index (χ3v) is 4.08. The molecule has 1 saturated heterocycles. The number of carbonyl (C=O) groups is 1. The fraction of sp³-hybridized carbons (Fsp3) is 0.364. The number of aryl methyl sites for hydroxylation is 1. The van der Waals surface area contributed by atoms with E-state index in [0.29, 0.717) is 11.3 Å². The highest BCUT2D eigenvalue weighted by Crippen LogP contribution is 2.30. The van der Waals surface area contributed by atoms with Crippen molar-refractivity contribution in [3.05, 3.63) is 23.8 Å². The number of amides is 1. The van der Waals surface area contributed by atoms with E-state index in [9.17, 15) is 22.2 Å². The summed E-state index contributed by atoms with van der Waals surface area (Å²) in [5.74, 6) is -0.495. The highest BCUT2D eigenvalue weighted by Gasteiger charge is 2.39. The number of benzene rings is 1. The fourth-order valence-corrected chi connectivity index (χ4v) is 2.65. The van der Waals surface area contributed by atoms with Crippen LogP contribution in [0.2, 0.25) is 0 Å². The average Bonchev–Trinajstić information content (AvgIpc) is 2.64. The minimum atomic E-state index is -4.72. The Bertz CT molecular complexity index is 599. The zero-order valence-electron chi connectivity index (χ0n) is 9.63. The summed E-state index contributed by atoms with van der Waals surface area (Å²) < 4.78 is 34.5. The summed E-state index contributed by atoms with van der Waals surface area (Å²) in [6, 6.07) is 4.43. The number of hydrogen-bond acceptors (Lipinski definition) is 4. The van der Waals surface area contributed by atoms with E-state index in [4.69, 9.17) is 0 Å². The molecule has 2 rings (SSSR count). The smallest absolute Gasteiger partial charge is 0.307 e. The summed E-state index contributed by atoms with van der Waals surface area (Å²) in [6.45, 7) is 1.50. The normalized spacial score (nSPS) is 20.4. The minimum absolute atomic E-state index is 0.0324. The summed E-state index contributed by atoms with van der Waals surface area (Å²) in [4.78, 5) is 12.9. The van der Waals surface area contributed by atoms with Crippen molar-refractivity contribution in [2.75, 3.05) is 11.4 Å². The summed E-state index contributed by atoms with van der Waals surface area (Å²) in [5, 5.41) is 8.05. The molecule has 0 spiro atoms. The summed E-state index contributed by atoms with van der Waals surface area (Å²) in [6.07, 6.45) is -0.367. The molecule has 0 aromatic heterocycles. The van der Waals surface area contributed by atoms with Crippen molar-refractivity contribution in [3.63, 3.8) is 0 Å². The monoisotopic (exact) mass is 273 g/mol. The molecule has 1 aliphatic rings. The van der Waals surface area contributed by atoms with Crippen molar-refractivity contribution in [1.29, 1.82) is 0 Å². The van der Waals surface area contributed by atoms with Crippen LogP contribution in [0.25, 0.3) is 0 Å². The Morgan fingerprint density at radius 3 is 2.67 bits per heavy atom. The molecular formula is C11H12FNO4S. The van der Waals surface area contributed by atoms with Crippen LogP contribution >= 0.6 is 0 Å². The first-order valence-corrected chi connectivity index (χ1v) is 6.77. The maximum atomic E-state index is 12.9. The predicted molar refractivity (Wildman–Crippen MR) is 63.6 cm³/mol. The van der Waals surface area contributed by atoms with Gasteiger partial charge in [0.2, 0.25) is 5.91 Å². The minimum Gasteiger partial charge on any atom is -0.508 e. The van der Waals surface area contributed by atoms with Gasteiger partial charge in [0, 0.05) is 19.0 Å². The SMILES string of the molecule is Cc1ccc(O)cc1N1CC(S(=O)(=O)F)CC1=O. The number of carbonyl (C=O) groups excluding carboxylic acids is 1. The number of phenolic OH excluding ortho intramolecular Hbond substituents is 1. The maximum absolute atomic E-state index is 12.9. The van der Waals surface area contributed by atoms with Gasteiger partial charge in [0.25, 0.3) is 0 Å². The lowest BCUT2D eigenvalue weighted by Crippen LogP contribution is -2.27. The molecule has 1 aromatic carbocycles. The number of hydrogen-bond donors (Lipinski definition) is 1. The molecule has 0 saturated carbocycles. The molecule has 0 bridgehead atoms. The number of nitrogens with zero attached hydrogens (tertiary/aromatic N) is 1. The summed E-state index contributed by atoms with van der Waals surface area (Å²) in [7, 11) is -4.72. The van der Waals surface area contributed by atoms with Crippen LogP contribution in [0.4, 0.5) is 9.57 Å². The Hall–Kier alpha value is -1.63. The molecule has 1 aliphatic heterocycles. The zero-order valence-corrected chi connectivity index (χ0v) is 10.4. The van der Waals surface area contributed by atoms with Gasteiger partial charge in [-0.05, 0) is 18.6 Å². The third-order valence-electron chi connectivity index (χ3n) is 2.97. The van der Waals surface area contributed by atoms with Crippen LogP contribution in [-0.2, 0) is 15.0 Å². The molecule has 98 valence electrons. The lowest BCUT2D eigenvalue weighted by molar-refractivity contribution is -0.117. The second-order valence-electron chi connectivity index (χ2n) is 4.28. The largest absolute Gasteiger partial charge is 0.508 e. The summed E-state index contributed by atoms with van der Waals surface area (Å²) in [5.41, 5.74) is 1.12. The summed E-state index contributed by atoms with van der Waals surface area (Å²) >= 11 is 0. The van der Waals surface area contributed by atoms with Crippen LogP contribution < -0.4 is 4.90 Å². The van der Waals surface area contributed by atoms with E-state index >= 15 is 0 Å². The standard InChI is InChI=1S/C11H12FNO4S/c1-7-2-3-8(14)4-10(7)13-6-9(5-11(13)15)18(12,16)17/h2-4,9,14H,5-6H2,1H3. The number of halogens is 1. The molecule has 0 radical (unpaired) electrons. The molecule has 1 N–H and O–H groups in total. The van der Waals surface area contributed by atoms with Crippen molar-refractivity contribution in [1.82, 2.24) is 0 Å². The topological polar surface area (TPSA) is 74.7 Å². The van der Waals surface area contributed by atoms with E-state index in [0.717, 1.165) is 0 Å². The second kappa shape index (κ2) is 4.24. The quantitative estimate of drug-likeness (QED) is 0.819. The van der Waals surface area contributed by atoms with Crippen LogP contribution in [-0.4, -0.2) is 31.2 Å². The third kappa shape index (κ3) is 2.31. The molecule has 7 heteroatoms. The average molecular weight is 273 g/mol. The van der Waals surface area contributed by atoms with Gasteiger partial charge in [-0.2, -0.15) is 8.42 Å². The fourth-order valence-electron chi connectivity index (χ4n) is 1.98. The predicted octanol–water partition coefficient (Wildman–Crippen LogP) is 1.11. The zero-order chi connectivity index (χ0) is 13.5. The van der Waals surface area contributed by atoms with Gasteiger partial charge in [0.05, 0.1) is 5.69 Å². The van der Waals surface area contributed by atoms with Crippen molar-refractivity contribution >= 4 is 21.8 Å². The molecule has 1 unspecified atom stereocenters. The molecule has 1 fully saturated rings. The highest BCUT2D eigenvalue weighted by molar-refractivity contribution is 7.87. The van der Waals surface area contributed by atoms with Crippen LogP contribution in [0.3, 0.4) is 0 Å². The van der Waals surface area contributed by atoms with Gasteiger partial charge >= 0.3 is 10.2 Å². The molecule has 0 aliphatic carbocycles. The number of rotatable bonds is 2. The van der Waals surface area contributed by atoms with E-state index < -0.39 is 21.4 Å². The van der Waals surface area contributed by atoms with Gasteiger partial charge in [-0.3, -0.25) is 4.79 Å². The van der Waals surface area contributed by atoms with E-state index in [1.807, 2.05) is 0 Å². The first kappa shape index (κ1) is 12.8. The maximum Gasteiger partial charge on any atom is 0.307 e. The lowest BCUT2D eigenvalue weighted by Gasteiger charge is -2.18. The highest BCUT2D eigenvalue weighted by atomic mass is 32.3. The molecule has 1 heterocycles. The Labute approximate surface area is 104 Å². The van der Waals surface area contributed by atoms with Gasteiger partial charge in [0.1, 0.15) is 11.0 Å². The second-order valence-corrected chi connectivity index (χ2v) is 5.89.